The molecule has 2 heteroatoms. The number of hydrogen-bond acceptors (Lipinski definition) is 1. The van der Waals surface area contributed by atoms with E-state index in [1.165, 1.54) is 11.1 Å². The largest absolute Gasteiger partial charge is 0.369 e. The summed E-state index contributed by atoms with van der Waals surface area (Å²) in [6, 6.07) is 10.2. The molecule has 0 spiro atoms. The summed E-state index contributed by atoms with van der Waals surface area (Å²) in [7, 11) is 0. The minimum Gasteiger partial charge on any atom is -0.369 e. The van der Waals surface area contributed by atoms with Crippen LogP contribution in [-0.4, -0.2) is 18.1 Å². The van der Waals surface area contributed by atoms with E-state index in [9.17, 15) is 0 Å². The van der Waals surface area contributed by atoms with Crippen molar-refractivity contribution < 1.29 is 4.74 Å². The number of ether oxygens (including phenoxy) is 1. The van der Waals surface area contributed by atoms with Crippen LogP contribution in [0.1, 0.15) is 18.4 Å². The lowest BCUT2D eigenvalue weighted by Gasteiger charge is -2.28. The molecular formula is C15H17ClO. The number of benzene rings is 1. The van der Waals surface area contributed by atoms with Crippen LogP contribution < -0.4 is 0 Å². The van der Waals surface area contributed by atoms with Crippen LogP contribution in [-0.2, 0) is 4.74 Å². The van der Waals surface area contributed by atoms with Crippen molar-refractivity contribution in [3.63, 3.8) is 0 Å². The van der Waals surface area contributed by atoms with Gasteiger partial charge in [0, 0.05) is 5.88 Å². The van der Waals surface area contributed by atoms with E-state index < -0.39 is 0 Å². The molecule has 0 aliphatic carbocycles. The van der Waals surface area contributed by atoms with Gasteiger partial charge in [-0.3, -0.25) is 0 Å². The lowest BCUT2D eigenvalue weighted by Crippen LogP contribution is -2.28. The van der Waals surface area contributed by atoms with Gasteiger partial charge in [0.05, 0.1) is 12.2 Å². The van der Waals surface area contributed by atoms with Crippen LogP contribution in [0.15, 0.2) is 48.6 Å². The Morgan fingerprint density at radius 1 is 1.29 bits per heavy atom. The highest BCUT2D eigenvalue weighted by atomic mass is 35.5. The molecular weight excluding hydrogens is 232 g/mol. The van der Waals surface area contributed by atoms with Crippen LogP contribution in [0.2, 0.25) is 0 Å². The number of alkyl halides is 1. The second-order valence-electron chi connectivity index (χ2n) is 4.38. The Labute approximate surface area is 108 Å². The van der Waals surface area contributed by atoms with Crippen molar-refractivity contribution in [2.45, 2.75) is 25.0 Å². The van der Waals surface area contributed by atoms with Gasteiger partial charge in [-0.2, -0.15) is 0 Å². The van der Waals surface area contributed by atoms with Gasteiger partial charge in [-0.1, -0.05) is 54.6 Å². The Hall–Kier alpha value is -1.05. The highest BCUT2D eigenvalue weighted by Gasteiger charge is 2.21. The number of hydrogen-bond donors (Lipinski definition) is 0. The average Bonchev–Trinajstić information content (AvgIpc) is 2.37. The maximum atomic E-state index is 5.85. The summed E-state index contributed by atoms with van der Waals surface area (Å²) in [5, 5.41) is 0. The Balaban J connectivity index is 1.98. The van der Waals surface area contributed by atoms with Crippen molar-refractivity contribution in [1.29, 1.82) is 0 Å². The van der Waals surface area contributed by atoms with E-state index in [2.05, 4.69) is 30.9 Å². The molecule has 0 bridgehead atoms. The quantitative estimate of drug-likeness (QED) is 0.579. The van der Waals surface area contributed by atoms with Gasteiger partial charge in [0.25, 0.3) is 0 Å². The standard InChI is InChI=1S/C15H17ClO/c1-12-9-14(17-15(10-12)11-16)8-7-13-5-3-2-4-6-13/h2-8,14-15H,1,9-11H2/b8-7+/t14-,15-/m1/s1. The first kappa shape index (κ1) is 12.4. The normalized spacial score (nSPS) is 25.4. The second kappa shape index (κ2) is 6.04. The fourth-order valence-electron chi connectivity index (χ4n) is 2.02. The van der Waals surface area contributed by atoms with E-state index in [0.717, 1.165) is 12.8 Å². The lowest BCUT2D eigenvalue weighted by atomic mass is 9.99. The highest BCUT2D eigenvalue weighted by Crippen LogP contribution is 2.24. The Morgan fingerprint density at radius 3 is 2.76 bits per heavy atom. The molecule has 1 saturated heterocycles. The summed E-state index contributed by atoms with van der Waals surface area (Å²) in [6.07, 6.45) is 6.20. The maximum Gasteiger partial charge on any atom is 0.0800 e. The van der Waals surface area contributed by atoms with Gasteiger partial charge in [-0.15, -0.1) is 11.6 Å². The van der Waals surface area contributed by atoms with Crippen molar-refractivity contribution in [2.75, 3.05) is 5.88 Å². The molecule has 0 unspecified atom stereocenters. The lowest BCUT2D eigenvalue weighted by molar-refractivity contribution is 0.00795. The molecule has 0 N–H and O–H groups in total. The topological polar surface area (TPSA) is 9.23 Å². The summed E-state index contributed by atoms with van der Waals surface area (Å²) in [6.45, 7) is 4.05. The predicted molar refractivity (Wildman–Crippen MR) is 73.2 cm³/mol. The van der Waals surface area contributed by atoms with Gasteiger partial charge in [0.1, 0.15) is 0 Å². The first-order chi connectivity index (χ1) is 8.28. The fraction of sp³-hybridized carbons (Fsp3) is 0.333. The molecule has 1 nitrogen and oxygen atoms in total. The Bertz CT molecular complexity index is 397. The molecule has 90 valence electrons. The zero-order valence-corrected chi connectivity index (χ0v) is 10.6. The molecule has 2 rings (SSSR count). The van der Waals surface area contributed by atoms with E-state index in [1.807, 2.05) is 18.2 Å². The summed E-state index contributed by atoms with van der Waals surface area (Å²) >= 11 is 5.84. The summed E-state index contributed by atoms with van der Waals surface area (Å²) in [4.78, 5) is 0. The van der Waals surface area contributed by atoms with E-state index in [4.69, 9.17) is 16.3 Å². The summed E-state index contributed by atoms with van der Waals surface area (Å²) in [5.74, 6) is 0.536. The van der Waals surface area contributed by atoms with Crippen molar-refractivity contribution in [1.82, 2.24) is 0 Å². The first-order valence-electron chi connectivity index (χ1n) is 5.89. The van der Waals surface area contributed by atoms with Crippen LogP contribution in [0, 0.1) is 0 Å². The van der Waals surface area contributed by atoms with Crippen molar-refractivity contribution in [3.8, 4) is 0 Å². The summed E-state index contributed by atoms with van der Waals surface area (Å²) in [5.41, 5.74) is 2.42. The molecule has 1 aromatic rings. The van der Waals surface area contributed by atoms with E-state index in [-0.39, 0.29) is 12.2 Å². The van der Waals surface area contributed by atoms with E-state index >= 15 is 0 Å². The van der Waals surface area contributed by atoms with Gasteiger partial charge < -0.3 is 4.74 Å². The maximum absolute atomic E-state index is 5.85. The average molecular weight is 249 g/mol. The molecule has 1 aliphatic heterocycles. The third-order valence-electron chi connectivity index (χ3n) is 2.85. The second-order valence-corrected chi connectivity index (χ2v) is 4.69. The van der Waals surface area contributed by atoms with E-state index in [0.29, 0.717) is 5.88 Å². The zero-order valence-electron chi connectivity index (χ0n) is 9.81. The molecule has 1 heterocycles. The molecule has 0 amide bonds. The number of halogens is 1. The Kier molecular flexibility index (Phi) is 4.41. The van der Waals surface area contributed by atoms with Crippen LogP contribution in [0.5, 0.6) is 0 Å². The van der Waals surface area contributed by atoms with Crippen molar-refractivity contribution in [3.05, 3.63) is 54.1 Å². The molecule has 17 heavy (non-hydrogen) atoms. The molecule has 2 atom stereocenters. The van der Waals surface area contributed by atoms with Crippen LogP contribution in [0.4, 0.5) is 0 Å². The summed E-state index contributed by atoms with van der Waals surface area (Å²) < 4.78 is 5.85. The van der Waals surface area contributed by atoms with Crippen molar-refractivity contribution >= 4 is 17.7 Å². The predicted octanol–water partition coefficient (Wildman–Crippen LogP) is 4.04. The van der Waals surface area contributed by atoms with Crippen LogP contribution in [0.3, 0.4) is 0 Å². The molecule has 0 aromatic heterocycles. The molecule has 1 aromatic carbocycles. The minimum atomic E-state index is 0.111. The van der Waals surface area contributed by atoms with Gasteiger partial charge in [0.2, 0.25) is 0 Å². The van der Waals surface area contributed by atoms with Gasteiger partial charge in [-0.05, 0) is 18.4 Å². The molecule has 0 saturated carbocycles. The van der Waals surface area contributed by atoms with Gasteiger partial charge in [-0.25, -0.2) is 0 Å². The van der Waals surface area contributed by atoms with Crippen molar-refractivity contribution in [2.24, 2.45) is 0 Å². The van der Waals surface area contributed by atoms with Crippen LogP contribution >= 0.6 is 11.6 Å². The Morgan fingerprint density at radius 2 is 2.06 bits per heavy atom. The molecule has 1 fully saturated rings. The third kappa shape index (κ3) is 3.72. The van der Waals surface area contributed by atoms with Gasteiger partial charge >= 0.3 is 0 Å². The highest BCUT2D eigenvalue weighted by molar-refractivity contribution is 6.18. The SMILES string of the molecule is C=C1C[C@H](CCl)O[C@H](/C=C/c2ccccc2)C1. The fourth-order valence-corrected chi connectivity index (χ4v) is 2.20. The molecule has 1 aliphatic rings. The smallest absolute Gasteiger partial charge is 0.0800 e. The first-order valence-corrected chi connectivity index (χ1v) is 6.42. The molecule has 0 radical (unpaired) electrons. The third-order valence-corrected chi connectivity index (χ3v) is 3.19. The van der Waals surface area contributed by atoms with Gasteiger partial charge in [0.15, 0.2) is 0 Å². The number of rotatable bonds is 3. The monoisotopic (exact) mass is 248 g/mol. The van der Waals surface area contributed by atoms with Crippen LogP contribution in [0.25, 0.3) is 6.08 Å². The zero-order chi connectivity index (χ0) is 12.1. The van der Waals surface area contributed by atoms with E-state index in [1.54, 1.807) is 0 Å². The minimum absolute atomic E-state index is 0.111.